The number of hydrogen-bond donors (Lipinski definition) is 1. The van der Waals surface area contributed by atoms with E-state index in [2.05, 4.69) is 56.9 Å². The molecular formula is C5H6I2N2. The minimum atomic E-state index is 0.987. The highest BCUT2D eigenvalue weighted by Crippen LogP contribution is 2.22. The maximum atomic E-state index is 5.23. The first-order chi connectivity index (χ1) is 4.22. The zero-order chi connectivity index (χ0) is 7.28. The zero-order valence-electron chi connectivity index (χ0n) is 4.64. The molecule has 2 nitrogen and oxygen atoms in total. The van der Waals surface area contributed by atoms with E-state index in [-0.39, 0.29) is 0 Å². The van der Waals surface area contributed by atoms with Crippen molar-refractivity contribution in [1.82, 2.24) is 0 Å². The second-order valence-electron chi connectivity index (χ2n) is 1.17. The minimum absolute atomic E-state index is 0.987. The van der Waals surface area contributed by atoms with Crippen molar-refractivity contribution < 1.29 is 0 Å². The van der Waals surface area contributed by atoms with Crippen LogP contribution in [0.25, 0.3) is 0 Å². The summed E-state index contributed by atoms with van der Waals surface area (Å²) in [5.41, 5.74) is 5.23. The Labute approximate surface area is 81.6 Å². The molecule has 0 amide bonds. The summed E-state index contributed by atoms with van der Waals surface area (Å²) >= 11 is 4.27. The van der Waals surface area contributed by atoms with Crippen LogP contribution in [0.4, 0.5) is 0 Å². The van der Waals surface area contributed by atoms with Crippen molar-refractivity contribution in [3.05, 3.63) is 19.6 Å². The van der Waals surface area contributed by atoms with Crippen LogP contribution in [0, 0.1) is 0 Å². The lowest BCUT2D eigenvalue weighted by atomic mass is 10.6. The number of aliphatic imine (C=N–C) groups is 1. The molecule has 0 aromatic heterocycles. The van der Waals surface area contributed by atoms with Crippen molar-refractivity contribution in [2.75, 3.05) is 0 Å². The van der Waals surface area contributed by atoms with Gasteiger partial charge in [-0.25, -0.2) is 0 Å². The first-order valence-electron chi connectivity index (χ1n) is 2.11. The molecule has 0 atom stereocenters. The summed E-state index contributed by atoms with van der Waals surface area (Å²) in [6.07, 6.45) is 3.19. The average Bonchev–Trinajstić information content (AvgIpc) is 1.87. The third-order valence-electron chi connectivity index (χ3n) is 0.579. The van der Waals surface area contributed by atoms with Gasteiger partial charge in [0, 0.05) is 19.6 Å². The molecule has 0 saturated heterocycles. The first kappa shape index (κ1) is 9.41. The van der Waals surface area contributed by atoms with Crippen LogP contribution in [0.2, 0.25) is 0 Å². The second-order valence-corrected chi connectivity index (χ2v) is 3.50. The fourth-order valence-corrected chi connectivity index (χ4v) is 0.737. The Kier molecular flexibility index (Phi) is 5.45. The first-order valence-corrected chi connectivity index (χ1v) is 4.27. The van der Waals surface area contributed by atoms with Gasteiger partial charge in [-0.05, 0) is 51.9 Å². The number of halogens is 2. The van der Waals surface area contributed by atoms with E-state index < -0.39 is 0 Å². The van der Waals surface area contributed by atoms with Gasteiger partial charge in [-0.15, -0.1) is 0 Å². The predicted molar refractivity (Wildman–Crippen MR) is 57.9 cm³/mol. The van der Waals surface area contributed by atoms with E-state index in [1.54, 1.807) is 6.20 Å². The van der Waals surface area contributed by atoms with Gasteiger partial charge >= 0.3 is 0 Å². The Bertz CT molecular complexity index is 160. The normalized spacial score (nSPS) is 13.6. The molecule has 0 saturated carbocycles. The number of rotatable bonds is 2. The molecule has 0 aromatic rings. The van der Waals surface area contributed by atoms with Crippen LogP contribution in [0.15, 0.2) is 24.6 Å². The van der Waals surface area contributed by atoms with E-state index in [1.165, 1.54) is 6.20 Å². The van der Waals surface area contributed by atoms with Crippen LogP contribution in [-0.4, -0.2) is 6.72 Å². The van der Waals surface area contributed by atoms with Crippen molar-refractivity contribution in [3.63, 3.8) is 0 Å². The van der Waals surface area contributed by atoms with E-state index >= 15 is 0 Å². The van der Waals surface area contributed by atoms with Crippen LogP contribution < -0.4 is 5.73 Å². The predicted octanol–water partition coefficient (Wildman–Crippen LogP) is 2.20. The molecule has 4 heteroatoms. The van der Waals surface area contributed by atoms with Crippen LogP contribution in [0.1, 0.15) is 0 Å². The fourth-order valence-electron chi connectivity index (χ4n) is 0.221. The summed E-state index contributed by atoms with van der Waals surface area (Å²) in [7, 11) is 0. The Morgan fingerprint density at radius 3 is 2.33 bits per heavy atom. The number of allylic oxidation sites excluding steroid dienone is 2. The third kappa shape index (κ3) is 3.90. The van der Waals surface area contributed by atoms with Gasteiger partial charge in [0.05, 0.1) is 0 Å². The van der Waals surface area contributed by atoms with E-state index in [0.717, 1.165) is 7.16 Å². The fraction of sp³-hybridized carbons (Fsp3) is 0. The molecule has 0 spiro atoms. The van der Waals surface area contributed by atoms with E-state index in [4.69, 9.17) is 5.73 Å². The Balaban J connectivity index is 4.19. The number of hydrogen-bond acceptors (Lipinski definition) is 2. The smallest absolute Gasteiger partial charge is 0.0461 e. The molecule has 0 rings (SSSR count). The van der Waals surface area contributed by atoms with Gasteiger partial charge < -0.3 is 5.73 Å². The Morgan fingerprint density at radius 2 is 2.00 bits per heavy atom. The lowest BCUT2D eigenvalue weighted by Crippen LogP contribution is -1.80. The lowest BCUT2D eigenvalue weighted by molar-refractivity contribution is 1.55. The summed E-state index contributed by atoms with van der Waals surface area (Å²) in [5.74, 6) is 0. The van der Waals surface area contributed by atoms with Crippen LogP contribution in [0.3, 0.4) is 0 Å². The lowest BCUT2D eigenvalue weighted by Gasteiger charge is -1.90. The highest BCUT2D eigenvalue weighted by atomic mass is 127. The Morgan fingerprint density at radius 1 is 1.44 bits per heavy atom. The quantitative estimate of drug-likeness (QED) is 0.464. The summed E-state index contributed by atoms with van der Waals surface area (Å²) in [4.78, 5) is 3.58. The van der Waals surface area contributed by atoms with Crippen LogP contribution >= 0.6 is 45.2 Å². The van der Waals surface area contributed by atoms with E-state index in [0.29, 0.717) is 0 Å². The number of nitrogens with zero attached hydrogens (tertiary/aromatic N) is 1. The van der Waals surface area contributed by atoms with Gasteiger partial charge in [-0.2, -0.15) is 0 Å². The topological polar surface area (TPSA) is 38.4 Å². The standard InChI is InChI=1S/C5H6I2N2/c1-9-3-5(7)4(6)2-8/h2-3H,1,8H2/b4-2+,5-3+. The van der Waals surface area contributed by atoms with E-state index in [1.807, 2.05) is 0 Å². The maximum absolute atomic E-state index is 5.23. The molecule has 0 bridgehead atoms. The molecule has 0 aromatic carbocycles. The maximum Gasteiger partial charge on any atom is 0.0461 e. The number of nitrogens with two attached hydrogens (primary N) is 1. The summed E-state index contributed by atoms with van der Waals surface area (Å²) in [6, 6.07) is 0. The SMILES string of the molecule is C=N/C=C(I)\C(I)=C/N. The van der Waals surface area contributed by atoms with Crippen molar-refractivity contribution in [3.8, 4) is 0 Å². The summed E-state index contributed by atoms with van der Waals surface area (Å²) in [6.45, 7) is 3.31. The molecule has 0 aliphatic carbocycles. The minimum Gasteiger partial charge on any atom is -0.404 e. The van der Waals surface area contributed by atoms with Crippen molar-refractivity contribution in [2.45, 2.75) is 0 Å². The molecule has 0 radical (unpaired) electrons. The highest BCUT2D eigenvalue weighted by Gasteiger charge is 1.92. The van der Waals surface area contributed by atoms with Crippen molar-refractivity contribution >= 4 is 51.9 Å². The average molecular weight is 348 g/mol. The second kappa shape index (κ2) is 5.21. The molecule has 2 N–H and O–H groups in total. The van der Waals surface area contributed by atoms with Crippen molar-refractivity contribution in [2.24, 2.45) is 10.7 Å². The van der Waals surface area contributed by atoms with Gasteiger partial charge in [0.2, 0.25) is 0 Å². The molecule has 0 fully saturated rings. The van der Waals surface area contributed by atoms with Gasteiger partial charge in [-0.3, -0.25) is 4.99 Å². The molecule has 50 valence electrons. The molecule has 0 heterocycles. The van der Waals surface area contributed by atoms with Crippen LogP contribution in [-0.2, 0) is 0 Å². The monoisotopic (exact) mass is 348 g/mol. The summed E-state index contributed by atoms with van der Waals surface area (Å²) in [5, 5.41) is 0. The van der Waals surface area contributed by atoms with E-state index in [9.17, 15) is 0 Å². The van der Waals surface area contributed by atoms with Gasteiger partial charge in [0.1, 0.15) is 0 Å². The molecule has 0 aliphatic rings. The zero-order valence-corrected chi connectivity index (χ0v) is 8.96. The summed E-state index contributed by atoms with van der Waals surface area (Å²) < 4.78 is 1.99. The molecular weight excluding hydrogens is 342 g/mol. The van der Waals surface area contributed by atoms with Crippen molar-refractivity contribution in [1.29, 1.82) is 0 Å². The van der Waals surface area contributed by atoms with Gasteiger partial charge in [0.25, 0.3) is 0 Å². The third-order valence-corrected chi connectivity index (χ3v) is 3.41. The van der Waals surface area contributed by atoms with Gasteiger partial charge in [0.15, 0.2) is 0 Å². The highest BCUT2D eigenvalue weighted by molar-refractivity contribution is 14.1. The Hall–Kier alpha value is 0.410. The van der Waals surface area contributed by atoms with Gasteiger partial charge in [-0.1, -0.05) is 0 Å². The molecule has 9 heavy (non-hydrogen) atoms. The molecule has 0 aliphatic heterocycles. The van der Waals surface area contributed by atoms with Crippen LogP contribution in [0.5, 0.6) is 0 Å². The molecule has 0 unspecified atom stereocenters. The largest absolute Gasteiger partial charge is 0.404 e.